The molecule has 0 atom stereocenters. The van der Waals surface area contributed by atoms with Crippen molar-refractivity contribution in [2.45, 2.75) is 6.92 Å². The monoisotopic (exact) mass is 248 g/mol. The standard InChI is InChI=1S/C6H12N2O3Si.C2H4O2/c1-9-12(10-2,11-3)8-5-4-7-6-8;1-2(3)4/h4-6H,1-3H3;1H3,(H,3,4). The summed E-state index contributed by atoms with van der Waals surface area (Å²) < 4.78 is 17.3. The molecule has 92 valence electrons. The highest BCUT2D eigenvalue weighted by Crippen LogP contribution is 2.08. The van der Waals surface area contributed by atoms with E-state index in [-0.39, 0.29) is 0 Å². The van der Waals surface area contributed by atoms with Gasteiger partial charge in [0.15, 0.2) is 0 Å². The molecule has 1 aromatic rings. The van der Waals surface area contributed by atoms with Crippen LogP contribution in [0.5, 0.6) is 0 Å². The van der Waals surface area contributed by atoms with E-state index in [9.17, 15) is 0 Å². The molecule has 0 aliphatic carbocycles. The lowest BCUT2D eigenvalue weighted by molar-refractivity contribution is -0.134. The topological polar surface area (TPSA) is 82.8 Å². The number of carbonyl (C=O) groups is 1. The third-order valence-electron chi connectivity index (χ3n) is 1.59. The van der Waals surface area contributed by atoms with Crippen LogP contribution in [0, 0.1) is 0 Å². The van der Waals surface area contributed by atoms with Crippen LogP contribution in [0.2, 0.25) is 0 Å². The average Bonchev–Trinajstić information content (AvgIpc) is 2.74. The first-order valence-electron chi connectivity index (χ1n) is 4.35. The number of nitrogens with zero attached hydrogens (tertiary/aromatic N) is 2. The maximum absolute atomic E-state index is 9.00. The molecule has 1 aromatic heterocycles. The number of aliphatic carboxylic acids is 1. The normalized spacial score (nSPS) is 10.5. The van der Waals surface area contributed by atoms with E-state index in [1.54, 1.807) is 44.3 Å². The highest BCUT2D eigenvalue weighted by molar-refractivity contribution is 6.58. The highest BCUT2D eigenvalue weighted by atomic mass is 28.4. The fraction of sp³-hybridized carbons (Fsp3) is 0.500. The third-order valence-corrected chi connectivity index (χ3v) is 4.04. The van der Waals surface area contributed by atoms with Gasteiger partial charge in [-0.05, 0) is 0 Å². The van der Waals surface area contributed by atoms with E-state index in [1.807, 2.05) is 0 Å². The van der Waals surface area contributed by atoms with Crippen LogP contribution in [-0.2, 0) is 18.1 Å². The predicted octanol–water partition coefficient (Wildman–Crippen LogP) is 0.197. The van der Waals surface area contributed by atoms with E-state index in [2.05, 4.69) is 4.98 Å². The lowest BCUT2D eigenvalue weighted by atomic mass is 10.9. The SMILES string of the molecule is CC(=O)O.CO[Si](OC)(OC)n1ccnc1. The summed E-state index contributed by atoms with van der Waals surface area (Å²) in [5, 5.41) is 7.42. The number of aromatic nitrogens is 2. The van der Waals surface area contributed by atoms with E-state index in [1.165, 1.54) is 0 Å². The van der Waals surface area contributed by atoms with Crippen molar-refractivity contribution in [3.63, 3.8) is 0 Å². The molecule has 0 aliphatic rings. The van der Waals surface area contributed by atoms with E-state index >= 15 is 0 Å². The number of hydrogen-bond acceptors (Lipinski definition) is 5. The highest BCUT2D eigenvalue weighted by Gasteiger charge is 2.41. The van der Waals surface area contributed by atoms with E-state index in [0.717, 1.165) is 6.92 Å². The van der Waals surface area contributed by atoms with Crippen LogP contribution in [0.15, 0.2) is 18.7 Å². The Morgan fingerprint density at radius 1 is 1.31 bits per heavy atom. The molecule has 8 heteroatoms. The van der Waals surface area contributed by atoms with Gasteiger partial charge in [0.25, 0.3) is 5.97 Å². The summed E-state index contributed by atoms with van der Waals surface area (Å²) in [7, 11) is 1.98. The van der Waals surface area contributed by atoms with Gasteiger partial charge in [-0.15, -0.1) is 0 Å². The molecule has 0 amide bonds. The first-order chi connectivity index (χ1) is 7.52. The molecule has 7 nitrogen and oxygen atoms in total. The largest absolute Gasteiger partial charge is 0.637 e. The first-order valence-corrected chi connectivity index (χ1v) is 6.03. The van der Waals surface area contributed by atoms with Crippen LogP contribution >= 0.6 is 0 Å². The van der Waals surface area contributed by atoms with Crippen LogP contribution < -0.4 is 0 Å². The first kappa shape index (κ1) is 14.8. The summed E-state index contributed by atoms with van der Waals surface area (Å²) in [5.74, 6) is -0.833. The predicted molar refractivity (Wildman–Crippen MR) is 57.7 cm³/mol. The maximum Gasteiger partial charge on any atom is 0.637 e. The molecule has 0 saturated heterocycles. The molecule has 0 unspecified atom stereocenters. The van der Waals surface area contributed by atoms with Gasteiger partial charge in [-0.1, -0.05) is 0 Å². The van der Waals surface area contributed by atoms with Crippen molar-refractivity contribution in [1.82, 2.24) is 9.22 Å². The minimum absolute atomic E-state index is 0.833. The van der Waals surface area contributed by atoms with E-state index < -0.39 is 14.9 Å². The summed E-state index contributed by atoms with van der Waals surface area (Å²) in [6.07, 6.45) is 5.02. The van der Waals surface area contributed by atoms with Gasteiger partial charge in [0.05, 0.1) is 6.33 Å². The van der Waals surface area contributed by atoms with Gasteiger partial charge >= 0.3 is 8.97 Å². The smallest absolute Gasteiger partial charge is 0.481 e. The Bertz CT molecular complexity index is 287. The molecule has 0 fully saturated rings. The molecule has 0 saturated carbocycles. The fourth-order valence-electron chi connectivity index (χ4n) is 0.987. The van der Waals surface area contributed by atoms with E-state index in [4.69, 9.17) is 23.2 Å². The van der Waals surface area contributed by atoms with Crippen LogP contribution in [0.3, 0.4) is 0 Å². The molecule has 0 radical (unpaired) electrons. The molecule has 16 heavy (non-hydrogen) atoms. The summed E-state index contributed by atoms with van der Waals surface area (Å²) in [6.45, 7) is 1.08. The molecule has 1 N–H and O–H groups in total. The van der Waals surface area contributed by atoms with Gasteiger partial charge in [0.2, 0.25) is 0 Å². The zero-order chi connectivity index (χ0) is 12.6. The number of imidazole rings is 1. The van der Waals surface area contributed by atoms with Gasteiger partial charge in [0.1, 0.15) is 0 Å². The Hall–Kier alpha value is -1.22. The summed E-state index contributed by atoms with van der Waals surface area (Å²) in [6, 6.07) is 0. The van der Waals surface area contributed by atoms with Gasteiger partial charge < -0.3 is 18.4 Å². The van der Waals surface area contributed by atoms with Gasteiger partial charge in [-0.3, -0.25) is 9.03 Å². The van der Waals surface area contributed by atoms with Gasteiger partial charge in [-0.2, -0.15) is 0 Å². The summed E-state index contributed by atoms with van der Waals surface area (Å²) in [5.41, 5.74) is 0. The molecule has 0 aromatic carbocycles. The Balaban J connectivity index is 0.000000487. The van der Waals surface area contributed by atoms with Crippen molar-refractivity contribution in [2.75, 3.05) is 21.3 Å². The maximum atomic E-state index is 9.00. The lowest BCUT2D eigenvalue weighted by Gasteiger charge is -2.23. The second-order valence-electron chi connectivity index (χ2n) is 2.63. The molecule has 0 aliphatic heterocycles. The molecule has 0 spiro atoms. The molecule has 1 heterocycles. The van der Waals surface area contributed by atoms with Gasteiger partial charge in [0, 0.05) is 40.6 Å². The molecule has 0 bridgehead atoms. The number of carboxylic acids is 1. The Morgan fingerprint density at radius 3 is 2.00 bits per heavy atom. The zero-order valence-corrected chi connectivity index (χ0v) is 10.7. The van der Waals surface area contributed by atoms with Crippen LogP contribution in [-0.4, -0.2) is 50.6 Å². The van der Waals surface area contributed by atoms with Crippen LogP contribution in [0.25, 0.3) is 0 Å². The molecular weight excluding hydrogens is 232 g/mol. The van der Waals surface area contributed by atoms with Crippen molar-refractivity contribution in [2.24, 2.45) is 0 Å². The van der Waals surface area contributed by atoms with Gasteiger partial charge in [-0.25, -0.2) is 4.98 Å². The Labute approximate surface area is 95.0 Å². The van der Waals surface area contributed by atoms with Crippen LogP contribution in [0.1, 0.15) is 6.92 Å². The van der Waals surface area contributed by atoms with Crippen molar-refractivity contribution in [3.05, 3.63) is 18.7 Å². The zero-order valence-electron chi connectivity index (χ0n) is 9.71. The minimum atomic E-state index is -2.69. The lowest BCUT2D eigenvalue weighted by Crippen LogP contribution is -2.50. The number of rotatable bonds is 4. The molecular formula is C8H16N2O5Si. The number of hydrogen-bond donors (Lipinski definition) is 1. The quantitative estimate of drug-likeness (QED) is 0.766. The third kappa shape index (κ3) is 4.11. The van der Waals surface area contributed by atoms with Crippen molar-refractivity contribution in [1.29, 1.82) is 0 Å². The summed E-state index contributed by atoms with van der Waals surface area (Å²) in [4.78, 5) is 12.9. The van der Waals surface area contributed by atoms with E-state index in [0.29, 0.717) is 0 Å². The van der Waals surface area contributed by atoms with Crippen molar-refractivity contribution < 1.29 is 23.2 Å². The Kier molecular flexibility index (Phi) is 6.57. The van der Waals surface area contributed by atoms with Crippen LogP contribution in [0.4, 0.5) is 0 Å². The van der Waals surface area contributed by atoms with Crippen molar-refractivity contribution >= 4 is 14.9 Å². The fourth-order valence-corrected chi connectivity index (χ4v) is 2.58. The second-order valence-corrected chi connectivity index (χ2v) is 5.41. The second kappa shape index (κ2) is 7.12. The average molecular weight is 248 g/mol. The summed E-state index contributed by atoms with van der Waals surface area (Å²) >= 11 is 0. The molecule has 1 rings (SSSR count). The minimum Gasteiger partial charge on any atom is -0.481 e. The Morgan fingerprint density at radius 2 is 1.75 bits per heavy atom. The van der Waals surface area contributed by atoms with Crippen molar-refractivity contribution in [3.8, 4) is 0 Å². The number of carboxylic acid groups (broad SMARTS) is 1.